The number of nitrogens with zero attached hydrogens (tertiary/aromatic N) is 2. The minimum atomic E-state index is 0.0658. The summed E-state index contributed by atoms with van der Waals surface area (Å²) >= 11 is 1.46. The first kappa shape index (κ1) is 11.5. The van der Waals surface area contributed by atoms with Crippen LogP contribution in [-0.4, -0.2) is 16.0 Å². The SMILES string of the molecule is Cc1occc1Sc1cnccc1/C(N)=N/O. The smallest absolute Gasteiger partial charge is 0.171 e. The van der Waals surface area contributed by atoms with Gasteiger partial charge in [0.2, 0.25) is 0 Å². The molecule has 0 saturated carbocycles. The molecule has 0 fully saturated rings. The molecule has 0 saturated heterocycles. The normalized spacial score (nSPS) is 11.7. The first-order valence-corrected chi connectivity index (χ1v) is 5.68. The first-order valence-electron chi connectivity index (χ1n) is 4.86. The molecule has 0 radical (unpaired) electrons. The van der Waals surface area contributed by atoms with E-state index < -0.39 is 0 Å². The number of rotatable bonds is 3. The molecule has 6 heteroatoms. The maximum absolute atomic E-state index is 8.71. The predicted molar refractivity (Wildman–Crippen MR) is 64.3 cm³/mol. The van der Waals surface area contributed by atoms with Crippen LogP contribution in [-0.2, 0) is 0 Å². The quantitative estimate of drug-likeness (QED) is 0.377. The molecule has 2 rings (SSSR count). The molecule has 88 valence electrons. The van der Waals surface area contributed by atoms with Crippen molar-refractivity contribution in [3.8, 4) is 0 Å². The molecular formula is C11H11N3O2S. The molecule has 5 nitrogen and oxygen atoms in total. The lowest BCUT2D eigenvalue weighted by Gasteiger charge is -2.05. The van der Waals surface area contributed by atoms with Crippen LogP contribution < -0.4 is 5.73 Å². The van der Waals surface area contributed by atoms with Crippen LogP contribution in [0.2, 0.25) is 0 Å². The van der Waals surface area contributed by atoms with Gasteiger partial charge in [-0.25, -0.2) is 0 Å². The van der Waals surface area contributed by atoms with Gasteiger partial charge in [0.15, 0.2) is 5.84 Å². The molecule has 2 aromatic heterocycles. The Morgan fingerprint density at radius 1 is 1.47 bits per heavy atom. The Balaban J connectivity index is 2.36. The molecule has 0 bridgehead atoms. The molecule has 0 aliphatic carbocycles. The van der Waals surface area contributed by atoms with Gasteiger partial charge in [-0.15, -0.1) is 0 Å². The fourth-order valence-corrected chi connectivity index (χ4v) is 2.27. The summed E-state index contributed by atoms with van der Waals surface area (Å²) in [5.41, 5.74) is 6.24. The number of aryl methyl sites for hydroxylation is 1. The number of amidine groups is 1. The zero-order chi connectivity index (χ0) is 12.3. The molecular weight excluding hydrogens is 238 g/mol. The van der Waals surface area contributed by atoms with Gasteiger partial charge < -0.3 is 15.4 Å². The van der Waals surface area contributed by atoms with Crippen LogP contribution in [0.4, 0.5) is 0 Å². The van der Waals surface area contributed by atoms with Crippen molar-refractivity contribution in [3.63, 3.8) is 0 Å². The average Bonchev–Trinajstić information content (AvgIpc) is 2.75. The van der Waals surface area contributed by atoms with Gasteiger partial charge in [0.05, 0.1) is 11.2 Å². The Hall–Kier alpha value is -1.95. The Morgan fingerprint density at radius 2 is 2.29 bits per heavy atom. The highest BCUT2D eigenvalue weighted by Gasteiger charge is 2.10. The first-order chi connectivity index (χ1) is 8.22. The Bertz CT molecular complexity index is 551. The van der Waals surface area contributed by atoms with E-state index in [1.54, 1.807) is 24.7 Å². The Labute approximate surface area is 102 Å². The van der Waals surface area contributed by atoms with E-state index in [1.165, 1.54) is 11.8 Å². The maximum atomic E-state index is 8.71. The molecule has 0 aromatic carbocycles. The molecule has 0 amide bonds. The van der Waals surface area contributed by atoms with Crippen molar-refractivity contribution in [3.05, 3.63) is 42.1 Å². The summed E-state index contributed by atoms with van der Waals surface area (Å²) in [6, 6.07) is 3.57. The number of hydrogen-bond acceptors (Lipinski definition) is 5. The second-order valence-electron chi connectivity index (χ2n) is 3.30. The lowest BCUT2D eigenvalue weighted by molar-refractivity contribution is 0.318. The number of pyridine rings is 1. The van der Waals surface area contributed by atoms with E-state index in [4.69, 9.17) is 15.4 Å². The zero-order valence-corrected chi connectivity index (χ0v) is 9.94. The van der Waals surface area contributed by atoms with Crippen molar-refractivity contribution >= 4 is 17.6 Å². The highest BCUT2D eigenvalue weighted by Crippen LogP contribution is 2.32. The van der Waals surface area contributed by atoms with Gasteiger partial charge in [0, 0.05) is 22.9 Å². The van der Waals surface area contributed by atoms with E-state index in [0.717, 1.165) is 15.6 Å². The number of nitrogens with two attached hydrogens (primary N) is 1. The monoisotopic (exact) mass is 249 g/mol. The van der Waals surface area contributed by atoms with Crippen LogP contribution in [0.3, 0.4) is 0 Å². The maximum Gasteiger partial charge on any atom is 0.171 e. The second kappa shape index (κ2) is 4.92. The molecule has 2 aromatic rings. The Kier molecular flexibility index (Phi) is 3.34. The van der Waals surface area contributed by atoms with Gasteiger partial charge in [-0.05, 0) is 19.1 Å². The summed E-state index contributed by atoms with van der Waals surface area (Å²) in [5, 5.41) is 11.7. The van der Waals surface area contributed by atoms with Crippen molar-refractivity contribution in [1.29, 1.82) is 0 Å². The third-order valence-corrected chi connectivity index (χ3v) is 3.39. The van der Waals surface area contributed by atoms with Crippen molar-refractivity contribution in [2.24, 2.45) is 10.9 Å². The van der Waals surface area contributed by atoms with Crippen molar-refractivity contribution in [2.45, 2.75) is 16.7 Å². The summed E-state index contributed by atoms with van der Waals surface area (Å²) in [6.45, 7) is 1.88. The summed E-state index contributed by atoms with van der Waals surface area (Å²) in [6.07, 6.45) is 4.89. The van der Waals surface area contributed by atoms with E-state index in [2.05, 4.69) is 10.1 Å². The molecule has 0 aliphatic rings. The summed E-state index contributed by atoms with van der Waals surface area (Å²) in [7, 11) is 0. The lowest BCUT2D eigenvalue weighted by Crippen LogP contribution is -2.14. The minimum absolute atomic E-state index is 0.0658. The molecule has 0 aliphatic heterocycles. The highest BCUT2D eigenvalue weighted by molar-refractivity contribution is 7.99. The van der Waals surface area contributed by atoms with Crippen LogP contribution >= 0.6 is 11.8 Å². The number of oxime groups is 1. The van der Waals surface area contributed by atoms with E-state index in [0.29, 0.717) is 5.56 Å². The van der Waals surface area contributed by atoms with Gasteiger partial charge in [-0.1, -0.05) is 16.9 Å². The molecule has 0 spiro atoms. The van der Waals surface area contributed by atoms with Crippen molar-refractivity contribution < 1.29 is 9.62 Å². The second-order valence-corrected chi connectivity index (χ2v) is 4.38. The van der Waals surface area contributed by atoms with Gasteiger partial charge in [-0.3, -0.25) is 4.98 Å². The van der Waals surface area contributed by atoms with Gasteiger partial charge >= 0.3 is 0 Å². The van der Waals surface area contributed by atoms with Gasteiger partial charge in [0.1, 0.15) is 5.76 Å². The van der Waals surface area contributed by atoms with Crippen molar-refractivity contribution in [1.82, 2.24) is 4.98 Å². The minimum Gasteiger partial charge on any atom is -0.468 e. The lowest BCUT2D eigenvalue weighted by atomic mass is 10.2. The van der Waals surface area contributed by atoms with Crippen LogP contribution in [0.25, 0.3) is 0 Å². The summed E-state index contributed by atoms with van der Waals surface area (Å²) < 4.78 is 5.21. The third kappa shape index (κ3) is 2.42. The van der Waals surface area contributed by atoms with E-state index in [9.17, 15) is 0 Å². The van der Waals surface area contributed by atoms with Crippen LogP contribution in [0.1, 0.15) is 11.3 Å². The average molecular weight is 249 g/mol. The van der Waals surface area contributed by atoms with Gasteiger partial charge in [-0.2, -0.15) is 0 Å². The van der Waals surface area contributed by atoms with E-state index in [-0.39, 0.29) is 5.84 Å². The topological polar surface area (TPSA) is 84.6 Å². The fraction of sp³-hybridized carbons (Fsp3) is 0.0909. The number of hydrogen-bond donors (Lipinski definition) is 2. The molecule has 3 N–H and O–H groups in total. The fourth-order valence-electron chi connectivity index (χ4n) is 1.32. The largest absolute Gasteiger partial charge is 0.468 e. The molecule has 17 heavy (non-hydrogen) atoms. The summed E-state index contributed by atoms with van der Waals surface area (Å²) in [5.74, 6) is 0.889. The molecule has 0 unspecified atom stereocenters. The predicted octanol–water partition coefficient (Wildman–Crippen LogP) is 2.23. The number of aromatic nitrogens is 1. The van der Waals surface area contributed by atoms with Crippen molar-refractivity contribution in [2.75, 3.05) is 0 Å². The van der Waals surface area contributed by atoms with Crippen LogP contribution in [0.5, 0.6) is 0 Å². The zero-order valence-electron chi connectivity index (χ0n) is 9.12. The van der Waals surface area contributed by atoms with Crippen LogP contribution in [0, 0.1) is 6.92 Å². The van der Waals surface area contributed by atoms with Gasteiger partial charge in [0.25, 0.3) is 0 Å². The molecule has 0 atom stereocenters. The van der Waals surface area contributed by atoms with E-state index in [1.807, 2.05) is 13.0 Å². The Morgan fingerprint density at radius 3 is 2.94 bits per heavy atom. The third-order valence-electron chi connectivity index (χ3n) is 2.20. The highest BCUT2D eigenvalue weighted by atomic mass is 32.2. The van der Waals surface area contributed by atoms with E-state index >= 15 is 0 Å². The summed E-state index contributed by atoms with van der Waals surface area (Å²) in [4.78, 5) is 5.82. The standard InChI is InChI=1S/C11H11N3O2S/c1-7-9(3-5-16-7)17-10-6-13-4-2-8(10)11(12)14-15/h2-6,15H,1H3,(H2,12,14). The number of furan rings is 1. The van der Waals surface area contributed by atoms with Crippen LogP contribution in [0.15, 0.2) is 50.2 Å². The molecule has 2 heterocycles.